The van der Waals surface area contributed by atoms with Crippen LogP contribution in [-0.2, 0) is 25.9 Å². The van der Waals surface area contributed by atoms with E-state index in [9.17, 15) is 4.79 Å². The lowest BCUT2D eigenvalue weighted by Gasteiger charge is -2.25. The number of halogens is 1. The molecule has 0 saturated carbocycles. The Bertz CT molecular complexity index is 1390. The zero-order chi connectivity index (χ0) is 25.7. The molecule has 0 aliphatic carbocycles. The molecule has 0 radical (unpaired) electrons. The Morgan fingerprint density at radius 3 is 2.44 bits per heavy atom. The molecule has 0 bridgehead atoms. The van der Waals surface area contributed by atoms with Crippen LogP contribution in [0.2, 0.25) is 0 Å². The van der Waals surface area contributed by atoms with Gasteiger partial charge in [0.15, 0.2) is 11.6 Å². The van der Waals surface area contributed by atoms with Crippen molar-refractivity contribution in [3.63, 3.8) is 0 Å². The maximum absolute atomic E-state index is 15.2. The largest absolute Gasteiger partial charge is 0.496 e. The summed E-state index contributed by atoms with van der Waals surface area (Å²) in [4.78, 5) is 15.5. The zero-order valence-corrected chi connectivity index (χ0v) is 22.1. The maximum atomic E-state index is 15.2. The summed E-state index contributed by atoms with van der Waals surface area (Å²) in [5, 5.41) is 0. The Morgan fingerprint density at radius 2 is 1.75 bits per heavy atom. The highest BCUT2D eigenvalue weighted by Crippen LogP contribution is 2.44. The van der Waals surface area contributed by atoms with Gasteiger partial charge in [-0.2, -0.15) is 0 Å². The molecule has 5 rings (SSSR count). The van der Waals surface area contributed by atoms with Crippen LogP contribution in [0.1, 0.15) is 68.2 Å². The topological polar surface area (TPSA) is 38.8 Å². The molecule has 0 aromatic heterocycles. The van der Waals surface area contributed by atoms with Gasteiger partial charge in [0.25, 0.3) is 5.91 Å². The standard InChI is InChI=1S/C31H34FNO3/c1-7-21-18(3)25-15-33(31(34)23-11-10-17(2)13-28(23)35-6)16-26(25)20(5)29(21)24-14-27(32)30-22(19(24)4)9-8-12-36-30/h10-11,13-14H,7-9,12,15-16H2,1-6H3. The molecule has 2 aliphatic heterocycles. The van der Waals surface area contributed by atoms with Gasteiger partial charge in [0.05, 0.1) is 19.3 Å². The van der Waals surface area contributed by atoms with Crippen LogP contribution >= 0.6 is 0 Å². The predicted molar refractivity (Wildman–Crippen MR) is 141 cm³/mol. The number of carbonyl (C=O) groups excluding carboxylic acids is 1. The second kappa shape index (κ2) is 9.27. The summed E-state index contributed by atoms with van der Waals surface area (Å²) in [6.07, 6.45) is 2.57. The number of hydrogen-bond donors (Lipinski definition) is 0. The van der Waals surface area contributed by atoms with Crippen LogP contribution in [-0.4, -0.2) is 24.5 Å². The van der Waals surface area contributed by atoms with Crippen molar-refractivity contribution < 1.29 is 18.7 Å². The third kappa shape index (κ3) is 3.76. The van der Waals surface area contributed by atoms with E-state index in [1.165, 1.54) is 22.3 Å². The first-order valence-electron chi connectivity index (χ1n) is 12.8. The summed E-state index contributed by atoms with van der Waals surface area (Å²) >= 11 is 0. The fraction of sp³-hybridized carbons (Fsp3) is 0.387. The summed E-state index contributed by atoms with van der Waals surface area (Å²) in [5.74, 6) is 0.699. The number of amides is 1. The first-order valence-corrected chi connectivity index (χ1v) is 12.8. The van der Waals surface area contributed by atoms with Crippen LogP contribution in [0.5, 0.6) is 11.5 Å². The van der Waals surface area contributed by atoms with Crippen molar-refractivity contribution >= 4 is 5.91 Å². The van der Waals surface area contributed by atoms with Crippen LogP contribution in [0.3, 0.4) is 0 Å². The van der Waals surface area contributed by atoms with E-state index >= 15 is 4.39 Å². The Kier molecular flexibility index (Phi) is 6.27. The number of hydrogen-bond acceptors (Lipinski definition) is 3. The van der Waals surface area contributed by atoms with Crippen molar-refractivity contribution in [3.05, 3.63) is 80.2 Å². The highest BCUT2D eigenvalue weighted by atomic mass is 19.1. The Hall–Kier alpha value is -3.34. The number of fused-ring (bicyclic) bond motifs is 2. The van der Waals surface area contributed by atoms with Gasteiger partial charge < -0.3 is 14.4 Å². The van der Waals surface area contributed by atoms with Gasteiger partial charge in [-0.15, -0.1) is 0 Å². The maximum Gasteiger partial charge on any atom is 0.258 e. The summed E-state index contributed by atoms with van der Waals surface area (Å²) in [6, 6.07) is 7.35. The molecule has 36 heavy (non-hydrogen) atoms. The molecule has 0 unspecified atom stereocenters. The molecule has 2 heterocycles. The lowest BCUT2D eigenvalue weighted by Crippen LogP contribution is -2.26. The van der Waals surface area contributed by atoms with Crippen molar-refractivity contribution in [1.29, 1.82) is 0 Å². The van der Waals surface area contributed by atoms with Gasteiger partial charge in [-0.25, -0.2) is 4.39 Å². The average molecular weight is 488 g/mol. The van der Waals surface area contributed by atoms with Gasteiger partial charge in [-0.1, -0.05) is 13.0 Å². The highest BCUT2D eigenvalue weighted by Gasteiger charge is 2.32. The molecular formula is C31H34FNO3. The lowest BCUT2D eigenvalue weighted by molar-refractivity contribution is 0.0748. The molecule has 3 aromatic rings. The quantitative estimate of drug-likeness (QED) is 0.407. The molecular weight excluding hydrogens is 453 g/mol. The van der Waals surface area contributed by atoms with Gasteiger partial charge in [-0.3, -0.25) is 4.79 Å². The van der Waals surface area contributed by atoms with E-state index in [0.717, 1.165) is 52.6 Å². The van der Waals surface area contributed by atoms with Crippen molar-refractivity contribution in [2.75, 3.05) is 13.7 Å². The van der Waals surface area contributed by atoms with Gasteiger partial charge in [-0.05, 0) is 115 Å². The number of benzene rings is 3. The van der Waals surface area contributed by atoms with E-state index in [1.54, 1.807) is 13.2 Å². The van der Waals surface area contributed by atoms with Gasteiger partial charge in [0, 0.05) is 18.7 Å². The number of rotatable bonds is 4. The minimum atomic E-state index is -0.284. The molecule has 0 atom stereocenters. The lowest BCUT2D eigenvalue weighted by atomic mass is 9.82. The van der Waals surface area contributed by atoms with Gasteiger partial charge >= 0.3 is 0 Å². The Morgan fingerprint density at radius 1 is 1.03 bits per heavy atom. The van der Waals surface area contributed by atoms with Gasteiger partial charge in [0.1, 0.15) is 5.75 Å². The third-order valence-electron chi connectivity index (χ3n) is 8.03. The van der Waals surface area contributed by atoms with Crippen LogP contribution in [0.4, 0.5) is 4.39 Å². The molecule has 2 aliphatic rings. The normalized spacial score (nSPS) is 14.4. The van der Waals surface area contributed by atoms with E-state index in [0.29, 0.717) is 36.8 Å². The molecule has 0 fully saturated rings. The fourth-order valence-electron chi connectivity index (χ4n) is 6.08. The minimum absolute atomic E-state index is 0.0328. The van der Waals surface area contributed by atoms with Crippen molar-refractivity contribution in [3.8, 4) is 22.6 Å². The molecule has 0 spiro atoms. The average Bonchev–Trinajstić information content (AvgIpc) is 3.34. The smallest absolute Gasteiger partial charge is 0.258 e. The third-order valence-corrected chi connectivity index (χ3v) is 8.03. The molecule has 4 nitrogen and oxygen atoms in total. The van der Waals surface area contributed by atoms with E-state index in [4.69, 9.17) is 9.47 Å². The Labute approximate surface area is 213 Å². The van der Waals surface area contributed by atoms with Crippen LogP contribution in [0.25, 0.3) is 11.1 Å². The first-order chi connectivity index (χ1) is 17.3. The molecule has 0 N–H and O–H groups in total. The number of methoxy groups -OCH3 is 1. The number of aryl methyl sites for hydroxylation is 1. The predicted octanol–water partition coefficient (Wildman–Crippen LogP) is 6.78. The number of carbonyl (C=O) groups is 1. The Balaban J connectivity index is 1.61. The van der Waals surface area contributed by atoms with E-state index in [1.807, 2.05) is 30.0 Å². The van der Waals surface area contributed by atoms with Crippen molar-refractivity contribution in [2.24, 2.45) is 0 Å². The molecule has 188 valence electrons. The van der Waals surface area contributed by atoms with Crippen LogP contribution in [0, 0.1) is 33.5 Å². The first kappa shape index (κ1) is 24.4. The summed E-state index contributed by atoms with van der Waals surface area (Å²) in [7, 11) is 1.60. The van der Waals surface area contributed by atoms with E-state index in [-0.39, 0.29) is 11.7 Å². The zero-order valence-electron chi connectivity index (χ0n) is 22.1. The summed E-state index contributed by atoms with van der Waals surface area (Å²) < 4.78 is 26.4. The summed E-state index contributed by atoms with van der Waals surface area (Å²) in [5.41, 5.74) is 11.7. The number of nitrogens with zero attached hydrogens (tertiary/aromatic N) is 1. The SMILES string of the molecule is CCc1c(C)c2c(c(C)c1-c1cc(F)c3c(c1C)CCCO3)CN(C(=O)c1ccc(C)cc1OC)C2. The van der Waals surface area contributed by atoms with Crippen molar-refractivity contribution in [1.82, 2.24) is 4.90 Å². The van der Waals surface area contributed by atoms with E-state index < -0.39 is 0 Å². The van der Waals surface area contributed by atoms with E-state index in [2.05, 4.69) is 27.7 Å². The minimum Gasteiger partial charge on any atom is -0.496 e. The van der Waals surface area contributed by atoms with Crippen LogP contribution < -0.4 is 9.47 Å². The second-order valence-corrected chi connectivity index (χ2v) is 10.1. The summed E-state index contributed by atoms with van der Waals surface area (Å²) in [6.45, 7) is 12.2. The van der Waals surface area contributed by atoms with Crippen molar-refractivity contribution in [2.45, 2.75) is 67.0 Å². The second-order valence-electron chi connectivity index (χ2n) is 10.1. The molecule has 0 saturated heterocycles. The molecule has 1 amide bonds. The monoisotopic (exact) mass is 487 g/mol. The molecule has 5 heteroatoms. The number of ether oxygens (including phenoxy) is 2. The van der Waals surface area contributed by atoms with Gasteiger partial charge in [0.2, 0.25) is 0 Å². The highest BCUT2D eigenvalue weighted by molar-refractivity contribution is 5.97. The van der Waals surface area contributed by atoms with Crippen LogP contribution in [0.15, 0.2) is 24.3 Å². The molecule has 3 aromatic carbocycles. The fourth-order valence-corrected chi connectivity index (χ4v) is 6.08.